The highest BCUT2D eigenvalue weighted by atomic mass is 32.1. The predicted molar refractivity (Wildman–Crippen MR) is 103 cm³/mol. The number of esters is 1. The smallest absolute Gasteiger partial charge is 0.308 e. The summed E-state index contributed by atoms with van der Waals surface area (Å²) in [6, 6.07) is 8.42. The molecule has 0 bridgehead atoms. The number of aryl methyl sites for hydroxylation is 3. The first-order chi connectivity index (χ1) is 12.0. The number of hydrogen-bond donors (Lipinski definition) is 0. The van der Waals surface area contributed by atoms with Gasteiger partial charge in [-0.2, -0.15) is 0 Å². The Bertz CT molecular complexity index is 986. The summed E-state index contributed by atoms with van der Waals surface area (Å²) in [5.41, 5.74) is 5.47. The zero-order valence-corrected chi connectivity index (χ0v) is 15.8. The number of ether oxygens (including phenoxy) is 1. The van der Waals surface area contributed by atoms with Crippen LogP contribution in [-0.4, -0.2) is 11.0 Å². The van der Waals surface area contributed by atoms with Crippen molar-refractivity contribution in [3.8, 4) is 16.9 Å². The minimum atomic E-state index is -0.308. The van der Waals surface area contributed by atoms with Gasteiger partial charge in [0.15, 0.2) is 5.75 Å². The van der Waals surface area contributed by atoms with Crippen molar-refractivity contribution >= 4 is 27.5 Å². The van der Waals surface area contributed by atoms with Gasteiger partial charge in [-0.25, -0.2) is 4.98 Å². The average molecular weight is 351 g/mol. The highest BCUT2D eigenvalue weighted by Crippen LogP contribution is 2.49. The molecule has 1 atom stereocenters. The number of carbonyl (C=O) groups is 1. The topological polar surface area (TPSA) is 39.2 Å². The molecular formula is C21H21NO2S. The van der Waals surface area contributed by atoms with E-state index in [1.54, 1.807) is 11.3 Å². The van der Waals surface area contributed by atoms with E-state index in [2.05, 4.69) is 38.1 Å². The van der Waals surface area contributed by atoms with E-state index < -0.39 is 0 Å². The molecule has 1 aliphatic carbocycles. The molecule has 1 aromatic carbocycles. The van der Waals surface area contributed by atoms with Crippen LogP contribution in [0.1, 0.15) is 47.9 Å². The summed E-state index contributed by atoms with van der Waals surface area (Å²) in [5.74, 6) is 0.874. The highest BCUT2D eigenvalue weighted by Gasteiger charge is 2.29. The van der Waals surface area contributed by atoms with Crippen LogP contribution in [0, 0.1) is 13.8 Å². The van der Waals surface area contributed by atoms with Crippen LogP contribution >= 0.6 is 11.3 Å². The Balaban J connectivity index is 2.09. The van der Waals surface area contributed by atoms with Gasteiger partial charge in [0.05, 0.1) is 5.69 Å². The van der Waals surface area contributed by atoms with E-state index >= 15 is 0 Å². The predicted octanol–water partition coefficient (Wildman–Crippen LogP) is 5.56. The zero-order chi connectivity index (χ0) is 17.7. The quantitative estimate of drug-likeness (QED) is 0.568. The second kappa shape index (κ2) is 5.95. The molecule has 25 heavy (non-hydrogen) atoms. The van der Waals surface area contributed by atoms with Crippen molar-refractivity contribution in [1.82, 2.24) is 4.98 Å². The molecule has 2 heterocycles. The monoisotopic (exact) mass is 351 g/mol. The number of aromatic nitrogens is 1. The summed E-state index contributed by atoms with van der Waals surface area (Å²) in [4.78, 5) is 19.0. The third kappa shape index (κ3) is 2.65. The Labute approximate surface area is 151 Å². The van der Waals surface area contributed by atoms with Crippen LogP contribution in [0.2, 0.25) is 0 Å². The van der Waals surface area contributed by atoms with E-state index in [4.69, 9.17) is 9.72 Å². The molecular weight excluding hydrogens is 330 g/mol. The fraction of sp³-hybridized carbons (Fsp3) is 0.333. The standard InChI is InChI=1S/C21H21NO2S/c1-11-5-8-15(9-6-11)17-18-16-10-7-12(2)20(16)25-21(18)22-13(3)19(17)24-14(4)23/h5-6,8-9,12H,7,10H2,1-4H3. The number of nitrogens with zero attached hydrogens (tertiary/aromatic N) is 1. The lowest BCUT2D eigenvalue weighted by atomic mass is 9.97. The molecule has 0 fully saturated rings. The molecule has 0 saturated carbocycles. The maximum atomic E-state index is 11.7. The maximum absolute atomic E-state index is 11.7. The normalized spacial score (nSPS) is 16.2. The van der Waals surface area contributed by atoms with Crippen LogP contribution < -0.4 is 4.74 Å². The van der Waals surface area contributed by atoms with Gasteiger partial charge < -0.3 is 4.74 Å². The summed E-state index contributed by atoms with van der Waals surface area (Å²) in [5, 5.41) is 1.18. The van der Waals surface area contributed by atoms with Crippen molar-refractivity contribution in [3.63, 3.8) is 0 Å². The first-order valence-corrected chi connectivity index (χ1v) is 9.48. The highest BCUT2D eigenvalue weighted by molar-refractivity contribution is 7.19. The fourth-order valence-electron chi connectivity index (χ4n) is 3.71. The molecule has 1 unspecified atom stereocenters. The Kier molecular flexibility index (Phi) is 3.88. The van der Waals surface area contributed by atoms with Crippen LogP contribution in [0.4, 0.5) is 0 Å². The largest absolute Gasteiger partial charge is 0.424 e. The number of rotatable bonds is 2. The molecule has 3 aromatic rings. The molecule has 0 aliphatic heterocycles. The SMILES string of the molecule is CC(=O)Oc1c(C)nc2sc3c(c2c1-c1ccc(C)cc1)CCC3C. The molecule has 4 heteroatoms. The van der Waals surface area contributed by atoms with Crippen LogP contribution in [0.3, 0.4) is 0 Å². The molecule has 3 nitrogen and oxygen atoms in total. The first kappa shape index (κ1) is 16.3. The molecule has 4 rings (SSSR count). The molecule has 0 spiro atoms. The Hall–Kier alpha value is -2.20. The number of carbonyl (C=O) groups excluding carboxylic acids is 1. The van der Waals surface area contributed by atoms with Gasteiger partial charge in [0.25, 0.3) is 0 Å². The average Bonchev–Trinajstić information content (AvgIpc) is 3.09. The lowest BCUT2D eigenvalue weighted by Gasteiger charge is -2.14. The summed E-state index contributed by atoms with van der Waals surface area (Å²) in [6.07, 6.45) is 2.25. The number of benzene rings is 1. The van der Waals surface area contributed by atoms with Gasteiger partial charge >= 0.3 is 5.97 Å². The van der Waals surface area contributed by atoms with Crippen molar-refractivity contribution in [2.24, 2.45) is 0 Å². The summed E-state index contributed by atoms with van der Waals surface area (Å²) >= 11 is 1.80. The fourth-order valence-corrected chi connectivity index (χ4v) is 5.07. The van der Waals surface area contributed by atoms with Crippen molar-refractivity contribution in [2.45, 2.75) is 46.5 Å². The number of fused-ring (bicyclic) bond motifs is 3. The van der Waals surface area contributed by atoms with Crippen molar-refractivity contribution in [3.05, 3.63) is 46.0 Å². The summed E-state index contributed by atoms with van der Waals surface area (Å²) in [6.45, 7) is 7.73. The Morgan fingerprint density at radius 1 is 1.24 bits per heavy atom. The van der Waals surface area contributed by atoms with E-state index in [9.17, 15) is 4.79 Å². The van der Waals surface area contributed by atoms with Crippen molar-refractivity contribution in [1.29, 1.82) is 0 Å². The van der Waals surface area contributed by atoms with E-state index in [-0.39, 0.29) is 5.97 Å². The van der Waals surface area contributed by atoms with Gasteiger partial charge in [-0.05, 0) is 43.7 Å². The Morgan fingerprint density at radius 3 is 2.64 bits per heavy atom. The van der Waals surface area contributed by atoms with E-state index in [0.29, 0.717) is 11.7 Å². The van der Waals surface area contributed by atoms with E-state index in [0.717, 1.165) is 28.1 Å². The van der Waals surface area contributed by atoms with Gasteiger partial charge in [0.1, 0.15) is 4.83 Å². The lowest BCUT2D eigenvalue weighted by Crippen LogP contribution is -2.06. The van der Waals surface area contributed by atoms with Crippen LogP contribution in [0.5, 0.6) is 5.75 Å². The molecule has 0 radical (unpaired) electrons. The van der Waals surface area contributed by atoms with E-state index in [1.165, 1.54) is 34.7 Å². The number of hydrogen-bond acceptors (Lipinski definition) is 4. The zero-order valence-electron chi connectivity index (χ0n) is 15.0. The van der Waals surface area contributed by atoms with Crippen molar-refractivity contribution in [2.75, 3.05) is 0 Å². The Morgan fingerprint density at radius 2 is 1.96 bits per heavy atom. The third-order valence-corrected chi connectivity index (χ3v) is 6.31. The first-order valence-electron chi connectivity index (χ1n) is 8.67. The molecule has 0 amide bonds. The summed E-state index contributed by atoms with van der Waals surface area (Å²) in [7, 11) is 0. The molecule has 1 aliphatic rings. The molecule has 0 saturated heterocycles. The van der Waals surface area contributed by atoms with Gasteiger partial charge in [0.2, 0.25) is 0 Å². The minimum Gasteiger partial charge on any atom is -0.424 e. The van der Waals surface area contributed by atoms with Crippen LogP contribution in [0.15, 0.2) is 24.3 Å². The lowest BCUT2D eigenvalue weighted by molar-refractivity contribution is -0.131. The van der Waals surface area contributed by atoms with Gasteiger partial charge in [-0.3, -0.25) is 4.79 Å². The number of thiophene rings is 1. The molecule has 2 aromatic heterocycles. The summed E-state index contributed by atoms with van der Waals surface area (Å²) < 4.78 is 5.63. The van der Waals surface area contributed by atoms with Crippen molar-refractivity contribution < 1.29 is 9.53 Å². The van der Waals surface area contributed by atoms with Crippen LogP contribution in [-0.2, 0) is 11.2 Å². The van der Waals surface area contributed by atoms with Gasteiger partial charge in [-0.15, -0.1) is 11.3 Å². The van der Waals surface area contributed by atoms with Crippen LogP contribution in [0.25, 0.3) is 21.3 Å². The second-order valence-electron chi connectivity index (χ2n) is 6.93. The molecule has 128 valence electrons. The minimum absolute atomic E-state index is 0.308. The van der Waals surface area contributed by atoms with E-state index in [1.807, 2.05) is 6.92 Å². The second-order valence-corrected chi connectivity index (χ2v) is 7.96. The third-order valence-electron chi connectivity index (χ3n) is 4.96. The van der Waals surface area contributed by atoms with Gasteiger partial charge in [-0.1, -0.05) is 36.8 Å². The van der Waals surface area contributed by atoms with Gasteiger partial charge in [0, 0.05) is 22.8 Å². The maximum Gasteiger partial charge on any atom is 0.308 e. The molecule has 0 N–H and O–H groups in total. The number of pyridine rings is 1.